The van der Waals surface area contributed by atoms with E-state index in [9.17, 15) is 9.59 Å². The van der Waals surface area contributed by atoms with Crippen molar-refractivity contribution in [3.63, 3.8) is 0 Å². The summed E-state index contributed by atoms with van der Waals surface area (Å²) in [5, 5.41) is 2.87. The maximum atomic E-state index is 12.8. The zero-order valence-electron chi connectivity index (χ0n) is 16.0. The van der Waals surface area contributed by atoms with Crippen LogP contribution in [0.25, 0.3) is 0 Å². The first-order chi connectivity index (χ1) is 12.8. The highest BCUT2D eigenvalue weighted by molar-refractivity contribution is 5.96. The lowest BCUT2D eigenvalue weighted by atomic mass is 10.1. The van der Waals surface area contributed by atoms with Crippen molar-refractivity contribution in [2.45, 2.75) is 26.3 Å². The molecule has 27 heavy (non-hydrogen) atoms. The van der Waals surface area contributed by atoms with E-state index in [2.05, 4.69) is 20.2 Å². The normalized spacial score (nSPS) is 14.8. The Hall–Kier alpha value is -2.96. The molecule has 1 fully saturated rings. The van der Waals surface area contributed by atoms with Gasteiger partial charge in [0.25, 0.3) is 11.8 Å². The van der Waals surface area contributed by atoms with Crippen LogP contribution in [0.15, 0.2) is 42.6 Å². The van der Waals surface area contributed by atoms with Crippen LogP contribution >= 0.6 is 0 Å². The van der Waals surface area contributed by atoms with Crippen molar-refractivity contribution in [3.05, 3.63) is 54.0 Å². The third kappa shape index (κ3) is 4.81. The van der Waals surface area contributed by atoms with Gasteiger partial charge in [0.2, 0.25) is 0 Å². The topological polar surface area (TPSA) is 78.4 Å². The molecule has 1 aliphatic heterocycles. The van der Waals surface area contributed by atoms with Gasteiger partial charge in [0.05, 0.1) is 0 Å². The maximum absolute atomic E-state index is 12.8. The van der Waals surface area contributed by atoms with Crippen molar-refractivity contribution >= 4 is 17.6 Å². The van der Waals surface area contributed by atoms with Gasteiger partial charge in [0.1, 0.15) is 17.2 Å². The molecular weight excluding hydrogens is 342 g/mol. The minimum Gasteiger partial charge on any atom is -0.353 e. The molecule has 2 amide bonds. The van der Waals surface area contributed by atoms with Crippen molar-refractivity contribution in [1.82, 2.24) is 20.2 Å². The molecule has 0 atom stereocenters. The molecule has 0 aliphatic carbocycles. The summed E-state index contributed by atoms with van der Waals surface area (Å²) in [4.78, 5) is 37.7. The second-order valence-electron chi connectivity index (χ2n) is 7.58. The zero-order valence-corrected chi connectivity index (χ0v) is 16.0. The van der Waals surface area contributed by atoms with Gasteiger partial charge < -0.3 is 15.1 Å². The minimum absolute atomic E-state index is 0.152. The first-order valence-corrected chi connectivity index (χ1v) is 9.08. The number of hydrogen-bond donors (Lipinski definition) is 1. The minimum atomic E-state index is -0.361. The highest BCUT2D eigenvalue weighted by Gasteiger charge is 2.24. The van der Waals surface area contributed by atoms with Crippen LogP contribution in [-0.2, 0) is 0 Å². The number of carbonyl (C=O) groups is 2. The fourth-order valence-corrected chi connectivity index (χ4v) is 2.93. The molecule has 2 aromatic heterocycles. The predicted octanol–water partition coefficient (Wildman–Crippen LogP) is 1.97. The van der Waals surface area contributed by atoms with Crippen LogP contribution in [0.3, 0.4) is 0 Å². The van der Waals surface area contributed by atoms with Crippen LogP contribution in [0.1, 0.15) is 41.7 Å². The quantitative estimate of drug-likeness (QED) is 0.897. The smallest absolute Gasteiger partial charge is 0.272 e. The SMILES string of the molecule is CC(C)(C)NC(=O)c1cccc(C(=O)N2CCN(c3ccccn3)CC2)n1. The van der Waals surface area contributed by atoms with Gasteiger partial charge in [-0.1, -0.05) is 12.1 Å². The van der Waals surface area contributed by atoms with E-state index in [1.807, 2.05) is 39.0 Å². The Morgan fingerprint density at radius 1 is 0.963 bits per heavy atom. The summed E-state index contributed by atoms with van der Waals surface area (Å²) in [6, 6.07) is 10.8. The first kappa shape index (κ1) is 18.8. The van der Waals surface area contributed by atoms with E-state index in [4.69, 9.17) is 0 Å². The van der Waals surface area contributed by atoms with Crippen LogP contribution in [0.2, 0.25) is 0 Å². The fourth-order valence-electron chi connectivity index (χ4n) is 2.93. The highest BCUT2D eigenvalue weighted by atomic mass is 16.2. The first-order valence-electron chi connectivity index (χ1n) is 9.08. The van der Waals surface area contributed by atoms with Crippen molar-refractivity contribution in [3.8, 4) is 0 Å². The summed E-state index contributed by atoms with van der Waals surface area (Å²) in [7, 11) is 0. The Morgan fingerprint density at radius 2 is 1.67 bits per heavy atom. The van der Waals surface area contributed by atoms with Gasteiger partial charge in [-0.05, 0) is 45.0 Å². The number of pyridine rings is 2. The van der Waals surface area contributed by atoms with Crippen molar-refractivity contribution in [2.75, 3.05) is 31.1 Å². The lowest BCUT2D eigenvalue weighted by Gasteiger charge is -2.35. The molecule has 0 bridgehead atoms. The van der Waals surface area contributed by atoms with E-state index in [0.29, 0.717) is 31.9 Å². The van der Waals surface area contributed by atoms with Crippen LogP contribution in [0.4, 0.5) is 5.82 Å². The molecule has 0 saturated carbocycles. The van der Waals surface area contributed by atoms with Crippen molar-refractivity contribution in [1.29, 1.82) is 0 Å². The molecule has 3 heterocycles. The summed E-state index contributed by atoms with van der Waals surface area (Å²) >= 11 is 0. The number of amides is 2. The molecule has 0 radical (unpaired) electrons. The van der Waals surface area contributed by atoms with Crippen LogP contribution < -0.4 is 10.2 Å². The average molecular weight is 367 g/mol. The third-order valence-electron chi connectivity index (χ3n) is 4.23. The molecular formula is C20H25N5O2. The van der Waals surface area contributed by atoms with Crippen LogP contribution in [0.5, 0.6) is 0 Å². The van der Waals surface area contributed by atoms with E-state index in [0.717, 1.165) is 5.82 Å². The number of hydrogen-bond acceptors (Lipinski definition) is 5. The third-order valence-corrected chi connectivity index (χ3v) is 4.23. The van der Waals surface area contributed by atoms with Gasteiger partial charge in [-0.3, -0.25) is 9.59 Å². The highest BCUT2D eigenvalue weighted by Crippen LogP contribution is 2.14. The molecule has 0 spiro atoms. The molecule has 1 saturated heterocycles. The van der Waals surface area contributed by atoms with E-state index >= 15 is 0 Å². The molecule has 3 rings (SSSR count). The number of nitrogens with one attached hydrogen (secondary N) is 1. The van der Waals surface area contributed by atoms with E-state index < -0.39 is 0 Å². The number of rotatable bonds is 3. The summed E-state index contributed by atoms with van der Waals surface area (Å²) < 4.78 is 0. The van der Waals surface area contributed by atoms with Crippen molar-refractivity contribution in [2.24, 2.45) is 0 Å². The Balaban J connectivity index is 1.65. The van der Waals surface area contributed by atoms with Crippen LogP contribution in [0, 0.1) is 0 Å². The van der Waals surface area contributed by atoms with Gasteiger partial charge in [0, 0.05) is 37.9 Å². The summed E-state index contributed by atoms with van der Waals surface area (Å²) in [5.74, 6) is 0.488. The number of anilines is 1. The fraction of sp³-hybridized carbons (Fsp3) is 0.400. The Labute approximate surface area is 159 Å². The van der Waals surface area contributed by atoms with Crippen molar-refractivity contribution < 1.29 is 9.59 Å². The predicted molar refractivity (Wildman–Crippen MR) is 104 cm³/mol. The van der Waals surface area contributed by atoms with Gasteiger partial charge in [0.15, 0.2) is 0 Å². The molecule has 7 nitrogen and oxygen atoms in total. The van der Waals surface area contributed by atoms with Gasteiger partial charge >= 0.3 is 0 Å². The van der Waals surface area contributed by atoms with Gasteiger partial charge in [-0.25, -0.2) is 9.97 Å². The lowest BCUT2D eigenvalue weighted by Crippen LogP contribution is -2.49. The zero-order chi connectivity index (χ0) is 19.4. The number of aromatic nitrogens is 2. The molecule has 2 aromatic rings. The molecule has 142 valence electrons. The van der Waals surface area contributed by atoms with E-state index in [1.54, 1.807) is 29.3 Å². The summed E-state index contributed by atoms with van der Waals surface area (Å²) in [6.45, 7) is 8.33. The molecule has 0 unspecified atom stereocenters. The Morgan fingerprint density at radius 3 is 2.30 bits per heavy atom. The molecule has 1 aliphatic rings. The Kier molecular flexibility index (Phi) is 5.39. The summed E-state index contributed by atoms with van der Waals surface area (Å²) in [6.07, 6.45) is 1.77. The van der Waals surface area contributed by atoms with Gasteiger partial charge in [-0.2, -0.15) is 0 Å². The monoisotopic (exact) mass is 367 g/mol. The maximum Gasteiger partial charge on any atom is 0.272 e. The van der Waals surface area contributed by atoms with Gasteiger partial charge in [-0.15, -0.1) is 0 Å². The largest absolute Gasteiger partial charge is 0.353 e. The van der Waals surface area contributed by atoms with E-state index in [-0.39, 0.29) is 23.0 Å². The summed E-state index contributed by atoms with van der Waals surface area (Å²) in [5.41, 5.74) is 0.186. The number of piperazine rings is 1. The number of nitrogens with zero attached hydrogens (tertiary/aromatic N) is 4. The second kappa shape index (κ2) is 7.73. The lowest BCUT2D eigenvalue weighted by molar-refractivity contribution is 0.0740. The Bertz CT molecular complexity index is 809. The average Bonchev–Trinajstić information content (AvgIpc) is 2.67. The molecule has 1 N–H and O–H groups in total. The standard InChI is InChI=1S/C20H25N5O2/c1-20(2,3)23-18(26)15-7-6-8-16(22-15)19(27)25-13-11-24(12-14-25)17-9-4-5-10-21-17/h4-10H,11-14H2,1-3H3,(H,23,26). The molecule has 7 heteroatoms. The number of carbonyl (C=O) groups excluding carboxylic acids is 2. The van der Waals surface area contributed by atoms with Crippen LogP contribution in [-0.4, -0.2) is 58.4 Å². The second-order valence-corrected chi connectivity index (χ2v) is 7.58. The van der Waals surface area contributed by atoms with E-state index in [1.165, 1.54) is 0 Å². The molecule has 0 aromatic carbocycles.